The summed E-state index contributed by atoms with van der Waals surface area (Å²) < 4.78 is 0. The molecule has 170 valence electrons. The van der Waals surface area contributed by atoms with E-state index in [9.17, 15) is 0 Å². The van der Waals surface area contributed by atoms with Gasteiger partial charge in [-0.15, -0.1) is 24.0 Å². The highest BCUT2D eigenvalue weighted by Gasteiger charge is 2.20. The first-order valence-electron chi connectivity index (χ1n) is 10.6. The van der Waals surface area contributed by atoms with Gasteiger partial charge in [0.05, 0.1) is 0 Å². The number of likely N-dealkylation sites (tertiary alicyclic amines) is 1. The van der Waals surface area contributed by atoms with Crippen LogP contribution in [0.15, 0.2) is 59.9 Å². The molecular weight excluding hydrogens is 537 g/mol. The van der Waals surface area contributed by atoms with Crippen molar-refractivity contribution in [1.82, 2.24) is 30.7 Å². The van der Waals surface area contributed by atoms with Crippen LogP contribution in [-0.2, 0) is 13.1 Å². The van der Waals surface area contributed by atoms with Crippen molar-refractivity contribution in [3.8, 4) is 11.4 Å². The summed E-state index contributed by atoms with van der Waals surface area (Å²) in [5, 5.41) is 14.6. The van der Waals surface area contributed by atoms with Gasteiger partial charge in [-0.2, -0.15) is 5.10 Å². The van der Waals surface area contributed by atoms with Crippen LogP contribution in [0.1, 0.15) is 24.0 Å². The minimum absolute atomic E-state index is 0. The second-order valence-corrected chi connectivity index (χ2v) is 8.22. The monoisotopic (exact) mass is 565 g/mol. The summed E-state index contributed by atoms with van der Waals surface area (Å²) in [6, 6.07) is 16.8. The summed E-state index contributed by atoms with van der Waals surface area (Å²) in [6.45, 7) is 3.79. The van der Waals surface area contributed by atoms with Crippen LogP contribution in [0.4, 0.5) is 0 Å². The van der Waals surface area contributed by atoms with Crippen LogP contribution in [0.5, 0.6) is 0 Å². The summed E-state index contributed by atoms with van der Waals surface area (Å²) >= 11 is 5.99. The fourth-order valence-corrected chi connectivity index (χ4v) is 3.96. The topological polar surface area (TPSA) is 81.2 Å². The molecular formula is C23H29ClIN7. The number of aromatic amines is 1. The molecule has 0 saturated carbocycles. The second kappa shape index (κ2) is 12.2. The summed E-state index contributed by atoms with van der Waals surface area (Å²) in [5.41, 5.74) is 3.49. The minimum atomic E-state index is 0. The molecule has 3 N–H and O–H groups in total. The van der Waals surface area contributed by atoms with E-state index in [2.05, 4.69) is 60.0 Å². The maximum atomic E-state index is 5.99. The Labute approximate surface area is 211 Å². The number of piperidine rings is 1. The molecule has 4 rings (SSSR count). The minimum Gasteiger partial charge on any atom is -0.354 e. The summed E-state index contributed by atoms with van der Waals surface area (Å²) in [7, 11) is 1.82. The van der Waals surface area contributed by atoms with Crippen LogP contribution < -0.4 is 10.6 Å². The summed E-state index contributed by atoms with van der Waals surface area (Å²) in [4.78, 5) is 11.1. The summed E-state index contributed by atoms with van der Waals surface area (Å²) in [6.07, 6.45) is 3.71. The van der Waals surface area contributed by atoms with Crippen molar-refractivity contribution in [2.45, 2.75) is 32.0 Å². The Kier molecular flexibility index (Phi) is 9.31. The fraction of sp³-hybridized carbons (Fsp3) is 0.348. The Morgan fingerprint density at radius 2 is 1.94 bits per heavy atom. The molecule has 1 aromatic heterocycles. The summed E-state index contributed by atoms with van der Waals surface area (Å²) in [5.74, 6) is 1.61. The van der Waals surface area contributed by atoms with Gasteiger partial charge in [0.1, 0.15) is 6.33 Å². The lowest BCUT2D eigenvalue weighted by molar-refractivity contribution is 0.198. The van der Waals surface area contributed by atoms with Crippen LogP contribution >= 0.6 is 35.6 Å². The van der Waals surface area contributed by atoms with Gasteiger partial charge in [-0.25, -0.2) is 4.98 Å². The largest absolute Gasteiger partial charge is 0.354 e. The SMILES string of the molecule is CN=C(NCc1cccc(-c2ncn[nH]2)c1)NC1CCN(Cc2ccc(Cl)cc2)CC1.I. The van der Waals surface area contributed by atoms with E-state index in [4.69, 9.17) is 11.6 Å². The molecule has 0 radical (unpaired) electrons. The predicted molar refractivity (Wildman–Crippen MR) is 140 cm³/mol. The van der Waals surface area contributed by atoms with E-state index in [0.717, 1.165) is 60.4 Å². The van der Waals surface area contributed by atoms with Crippen molar-refractivity contribution in [3.05, 3.63) is 71.0 Å². The number of hydrogen-bond donors (Lipinski definition) is 3. The van der Waals surface area contributed by atoms with E-state index in [1.165, 1.54) is 11.9 Å². The van der Waals surface area contributed by atoms with Crippen LogP contribution in [0.25, 0.3) is 11.4 Å². The number of aromatic nitrogens is 3. The van der Waals surface area contributed by atoms with Gasteiger partial charge >= 0.3 is 0 Å². The maximum absolute atomic E-state index is 5.99. The van der Waals surface area contributed by atoms with E-state index in [1.54, 1.807) is 0 Å². The van der Waals surface area contributed by atoms with Crippen molar-refractivity contribution in [2.75, 3.05) is 20.1 Å². The van der Waals surface area contributed by atoms with Gasteiger partial charge in [0.15, 0.2) is 11.8 Å². The van der Waals surface area contributed by atoms with E-state index in [0.29, 0.717) is 12.6 Å². The van der Waals surface area contributed by atoms with Gasteiger partial charge in [-0.05, 0) is 42.2 Å². The third kappa shape index (κ3) is 6.91. The molecule has 2 heterocycles. The molecule has 0 spiro atoms. The van der Waals surface area contributed by atoms with Crippen LogP contribution in [0.3, 0.4) is 0 Å². The van der Waals surface area contributed by atoms with Crippen molar-refractivity contribution in [3.63, 3.8) is 0 Å². The molecule has 0 bridgehead atoms. The highest BCUT2D eigenvalue weighted by atomic mass is 127. The Balaban J connectivity index is 0.00000289. The van der Waals surface area contributed by atoms with Gasteiger partial charge in [0.25, 0.3) is 0 Å². The average molecular weight is 566 g/mol. The van der Waals surface area contributed by atoms with Gasteiger partial charge in [-0.3, -0.25) is 15.0 Å². The first kappa shape index (κ1) is 24.5. The van der Waals surface area contributed by atoms with Crippen molar-refractivity contribution < 1.29 is 0 Å². The van der Waals surface area contributed by atoms with E-state index < -0.39 is 0 Å². The molecule has 1 fully saturated rings. The van der Waals surface area contributed by atoms with E-state index in [1.807, 2.05) is 31.3 Å². The highest BCUT2D eigenvalue weighted by molar-refractivity contribution is 14.0. The Bertz CT molecular complexity index is 984. The van der Waals surface area contributed by atoms with E-state index >= 15 is 0 Å². The van der Waals surface area contributed by atoms with Crippen molar-refractivity contribution >= 4 is 41.5 Å². The lowest BCUT2D eigenvalue weighted by Crippen LogP contribution is -2.48. The number of benzene rings is 2. The molecule has 0 amide bonds. The predicted octanol–water partition coefficient (Wildman–Crippen LogP) is 4.07. The molecule has 3 aromatic rings. The number of rotatable bonds is 6. The Hall–Kier alpha value is -2.17. The number of nitrogens with zero attached hydrogens (tertiary/aromatic N) is 4. The average Bonchev–Trinajstić information content (AvgIpc) is 3.35. The zero-order chi connectivity index (χ0) is 21.5. The molecule has 9 heteroatoms. The number of aliphatic imine (C=N–C) groups is 1. The molecule has 32 heavy (non-hydrogen) atoms. The lowest BCUT2D eigenvalue weighted by atomic mass is 10.0. The molecule has 2 aromatic carbocycles. The number of guanidine groups is 1. The lowest BCUT2D eigenvalue weighted by Gasteiger charge is -2.33. The number of H-pyrrole nitrogens is 1. The third-order valence-corrected chi connectivity index (χ3v) is 5.80. The van der Waals surface area contributed by atoms with Crippen LogP contribution in [0, 0.1) is 0 Å². The van der Waals surface area contributed by atoms with E-state index in [-0.39, 0.29) is 24.0 Å². The first-order valence-corrected chi connectivity index (χ1v) is 11.0. The molecule has 1 aliphatic rings. The first-order chi connectivity index (χ1) is 15.2. The maximum Gasteiger partial charge on any atom is 0.191 e. The second-order valence-electron chi connectivity index (χ2n) is 7.78. The van der Waals surface area contributed by atoms with Crippen molar-refractivity contribution in [2.24, 2.45) is 4.99 Å². The van der Waals surface area contributed by atoms with Crippen LogP contribution in [-0.4, -0.2) is 52.2 Å². The van der Waals surface area contributed by atoms with Gasteiger partial charge in [0, 0.05) is 49.9 Å². The van der Waals surface area contributed by atoms with Gasteiger partial charge in [-0.1, -0.05) is 41.9 Å². The van der Waals surface area contributed by atoms with Gasteiger partial charge < -0.3 is 10.6 Å². The normalized spacial score (nSPS) is 15.2. The smallest absolute Gasteiger partial charge is 0.191 e. The molecule has 0 unspecified atom stereocenters. The molecule has 0 aliphatic carbocycles. The number of hydrogen-bond acceptors (Lipinski definition) is 4. The quantitative estimate of drug-likeness (QED) is 0.239. The zero-order valence-corrected chi connectivity index (χ0v) is 21.2. The molecule has 1 saturated heterocycles. The number of nitrogens with one attached hydrogen (secondary N) is 3. The molecule has 1 aliphatic heterocycles. The standard InChI is InChI=1S/C23H28ClN7.HI/c1-25-23(26-14-18-3-2-4-19(13-18)22-27-16-28-30-22)29-21-9-11-31(12-10-21)15-17-5-7-20(24)8-6-17;/h2-8,13,16,21H,9-12,14-15H2,1H3,(H2,25,26,29)(H,27,28,30);1H. The number of halogens is 2. The zero-order valence-electron chi connectivity index (χ0n) is 18.1. The Morgan fingerprint density at radius 1 is 1.16 bits per heavy atom. The Morgan fingerprint density at radius 3 is 2.62 bits per heavy atom. The fourth-order valence-electron chi connectivity index (χ4n) is 3.83. The van der Waals surface area contributed by atoms with Gasteiger partial charge in [0.2, 0.25) is 0 Å². The molecule has 7 nitrogen and oxygen atoms in total. The van der Waals surface area contributed by atoms with Crippen LogP contribution in [0.2, 0.25) is 5.02 Å². The molecule has 0 atom stereocenters. The highest BCUT2D eigenvalue weighted by Crippen LogP contribution is 2.17. The van der Waals surface area contributed by atoms with Crippen molar-refractivity contribution in [1.29, 1.82) is 0 Å². The third-order valence-electron chi connectivity index (χ3n) is 5.55.